The summed E-state index contributed by atoms with van der Waals surface area (Å²) in [5.74, 6) is 0.251. The van der Waals surface area contributed by atoms with E-state index in [4.69, 9.17) is 28.9 Å². The number of hydrogen-bond donors (Lipinski definition) is 1. The van der Waals surface area contributed by atoms with E-state index in [1.165, 1.54) is 0 Å². The van der Waals surface area contributed by atoms with Crippen LogP contribution in [-0.2, 0) is 0 Å². The zero-order valence-corrected chi connectivity index (χ0v) is 10.7. The Hall–Kier alpha value is -1.26. The zero-order chi connectivity index (χ0) is 12.6. The quantitative estimate of drug-likeness (QED) is 0.899. The average molecular weight is 272 g/mol. The lowest BCUT2D eigenvalue weighted by atomic mass is 10.1. The fourth-order valence-corrected chi connectivity index (χ4v) is 2.28. The zero-order valence-electron chi connectivity index (χ0n) is 9.15. The molecule has 0 aliphatic carbocycles. The molecule has 1 aliphatic rings. The SMILES string of the molecule is CCN1C(=O)N=C(N)C1c1cc(Cl)ccc1Cl. The van der Waals surface area contributed by atoms with Gasteiger partial charge in [0, 0.05) is 22.2 Å². The summed E-state index contributed by atoms with van der Waals surface area (Å²) in [5.41, 5.74) is 6.47. The molecule has 0 fully saturated rings. The van der Waals surface area contributed by atoms with E-state index >= 15 is 0 Å². The number of likely N-dealkylation sites (N-methyl/N-ethyl adjacent to an activating group) is 1. The molecule has 2 rings (SSSR count). The largest absolute Gasteiger partial charge is 0.385 e. The van der Waals surface area contributed by atoms with Gasteiger partial charge in [-0.2, -0.15) is 4.99 Å². The maximum Gasteiger partial charge on any atom is 0.346 e. The van der Waals surface area contributed by atoms with Crippen LogP contribution in [0, 0.1) is 0 Å². The molecule has 90 valence electrons. The lowest BCUT2D eigenvalue weighted by Gasteiger charge is -2.23. The maximum atomic E-state index is 11.6. The van der Waals surface area contributed by atoms with Gasteiger partial charge in [0.25, 0.3) is 0 Å². The van der Waals surface area contributed by atoms with Crippen molar-refractivity contribution < 1.29 is 4.79 Å². The summed E-state index contributed by atoms with van der Waals surface area (Å²) in [7, 11) is 0. The second-order valence-corrected chi connectivity index (χ2v) is 4.52. The van der Waals surface area contributed by atoms with Crippen molar-refractivity contribution >= 4 is 35.1 Å². The number of amidine groups is 1. The van der Waals surface area contributed by atoms with Crippen LogP contribution in [-0.4, -0.2) is 23.3 Å². The van der Waals surface area contributed by atoms with Gasteiger partial charge in [-0.05, 0) is 25.1 Å². The Kier molecular flexibility index (Phi) is 3.26. The minimum absolute atomic E-state index is 0.251. The van der Waals surface area contributed by atoms with E-state index in [-0.39, 0.29) is 11.9 Å². The topological polar surface area (TPSA) is 58.7 Å². The van der Waals surface area contributed by atoms with Crippen LogP contribution in [0.25, 0.3) is 0 Å². The number of halogens is 2. The van der Waals surface area contributed by atoms with Gasteiger partial charge in [-0.1, -0.05) is 23.2 Å². The molecule has 0 bridgehead atoms. The van der Waals surface area contributed by atoms with E-state index in [2.05, 4.69) is 4.99 Å². The second kappa shape index (κ2) is 4.55. The van der Waals surface area contributed by atoms with Crippen molar-refractivity contribution in [1.29, 1.82) is 0 Å². The van der Waals surface area contributed by atoms with Crippen molar-refractivity contribution in [2.24, 2.45) is 10.7 Å². The van der Waals surface area contributed by atoms with Gasteiger partial charge in [0.05, 0.1) is 0 Å². The van der Waals surface area contributed by atoms with Gasteiger partial charge in [-0.3, -0.25) is 0 Å². The average Bonchev–Trinajstić information content (AvgIpc) is 2.56. The lowest BCUT2D eigenvalue weighted by Crippen LogP contribution is -2.33. The van der Waals surface area contributed by atoms with E-state index in [0.29, 0.717) is 22.2 Å². The molecule has 17 heavy (non-hydrogen) atoms. The minimum Gasteiger partial charge on any atom is -0.385 e. The molecule has 0 aromatic heterocycles. The van der Waals surface area contributed by atoms with Gasteiger partial charge in [0.15, 0.2) is 0 Å². The van der Waals surface area contributed by atoms with Gasteiger partial charge < -0.3 is 10.6 Å². The Morgan fingerprint density at radius 3 is 2.82 bits per heavy atom. The van der Waals surface area contributed by atoms with E-state index in [1.807, 2.05) is 6.92 Å². The monoisotopic (exact) mass is 271 g/mol. The van der Waals surface area contributed by atoms with Crippen LogP contribution in [0.3, 0.4) is 0 Å². The molecule has 0 spiro atoms. The molecule has 1 atom stereocenters. The van der Waals surface area contributed by atoms with Gasteiger partial charge in [0.2, 0.25) is 0 Å². The van der Waals surface area contributed by atoms with E-state index < -0.39 is 6.04 Å². The Balaban J connectivity index is 2.48. The summed E-state index contributed by atoms with van der Waals surface area (Å²) in [6.45, 7) is 2.37. The van der Waals surface area contributed by atoms with Crippen molar-refractivity contribution in [3.63, 3.8) is 0 Å². The first-order valence-corrected chi connectivity index (χ1v) is 5.89. The number of hydrogen-bond acceptors (Lipinski definition) is 2. The normalized spacial score (nSPS) is 19.7. The minimum atomic E-state index is -0.418. The van der Waals surface area contributed by atoms with Crippen LogP contribution >= 0.6 is 23.2 Å². The number of nitrogens with zero attached hydrogens (tertiary/aromatic N) is 2. The number of benzene rings is 1. The number of amides is 2. The summed E-state index contributed by atoms with van der Waals surface area (Å²) in [6, 6.07) is 4.32. The smallest absolute Gasteiger partial charge is 0.346 e. The van der Waals surface area contributed by atoms with Gasteiger partial charge in [0.1, 0.15) is 11.9 Å². The molecule has 0 saturated heterocycles. The van der Waals surface area contributed by atoms with Crippen molar-refractivity contribution in [2.75, 3.05) is 6.54 Å². The third kappa shape index (κ3) is 2.10. The molecule has 4 nitrogen and oxygen atoms in total. The first-order valence-electron chi connectivity index (χ1n) is 5.14. The Morgan fingerprint density at radius 1 is 1.47 bits per heavy atom. The number of urea groups is 1. The predicted octanol–water partition coefficient (Wildman–Crippen LogP) is 2.85. The predicted molar refractivity (Wildman–Crippen MR) is 68.6 cm³/mol. The highest BCUT2D eigenvalue weighted by Crippen LogP contribution is 2.33. The molecular weight excluding hydrogens is 261 g/mol. The fourth-order valence-electron chi connectivity index (χ4n) is 1.88. The third-order valence-electron chi connectivity index (χ3n) is 2.66. The van der Waals surface area contributed by atoms with Crippen LogP contribution in [0.15, 0.2) is 23.2 Å². The maximum absolute atomic E-state index is 11.6. The summed E-state index contributed by atoms with van der Waals surface area (Å²) >= 11 is 12.0. The van der Waals surface area contributed by atoms with Crippen molar-refractivity contribution in [1.82, 2.24) is 4.90 Å². The number of aliphatic imine (C=N–C) groups is 1. The molecule has 2 amide bonds. The van der Waals surface area contributed by atoms with Gasteiger partial charge in [-0.15, -0.1) is 0 Å². The van der Waals surface area contributed by atoms with Crippen molar-refractivity contribution in [2.45, 2.75) is 13.0 Å². The summed E-state index contributed by atoms with van der Waals surface area (Å²) in [4.78, 5) is 16.9. The molecule has 1 heterocycles. The highest BCUT2D eigenvalue weighted by molar-refractivity contribution is 6.34. The van der Waals surface area contributed by atoms with Crippen molar-refractivity contribution in [3.05, 3.63) is 33.8 Å². The van der Waals surface area contributed by atoms with Gasteiger partial charge >= 0.3 is 6.03 Å². The standard InChI is InChI=1S/C11H11Cl2N3O/c1-2-16-9(10(14)15-11(16)17)7-5-6(12)3-4-8(7)13/h3-5,9H,2H2,1H3,(H2,14,15,17). The van der Waals surface area contributed by atoms with Crippen LogP contribution < -0.4 is 5.73 Å². The molecule has 1 aromatic carbocycles. The van der Waals surface area contributed by atoms with E-state index in [1.54, 1.807) is 23.1 Å². The number of carbonyl (C=O) groups is 1. The van der Waals surface area contributed by atoms with Crippen LogP contribution in [0.1, 0.15) is 18.5 Å². The van der Waals surface area contributed by atoms with Gasteiger partial charge in [-0.25, -0.2) is 4.79 Å². The highest BCUT2D eigenvalue weighted by Gasteiger charge is 2.34. The molecule has 6 heteroatoms. The molecule has 0 saturated carbocycles. The number of carbonyl (C=O) groups excluding carboxylic acids is 1. The first kappa shape index (κ1) is 12.2. The number of rotatable bonds is 2. The van der Waals surface area contributed by atoms with E-state index in [9.17, 15) is 4.79 Å². The summed E-state index contributed by atoms with van der Waals surface area (Å²) in [6.07, 6.45) is 0. The summed E-state index contributed by atoms with van der Waals surface area (Å²) in [5, 5.41) is 1.07. The molecule has 2 N–H and O–H groups in total. The first-order chi connectivity index (χ1) is 8.04. The molecule has 1 unspecified atom stereocenters. The third-order valence-corrected chi connectivity index (χ3v) is 3.23. The molecular formula is C11H11Cl2N3O. The van der Waals surface area contributed by atoms with Crippen LogP contribution in [0.5, 0.6) is 0 Å². The summed E-state index contributed by atoms with van der Waals surface area (Å²) < 4.78 is 0. The highest BCUT2D eigenvalue weighted by atomic mass is 35.5. The molecule has 0 radical (unpaired) electrons. The second-order valence-electron chi connectivity index (χ2n) is 3.67. The Bertz CT molecular complexity index is 501. The Labute approximate surface area is 109 Å². The molecule has 1 aromatic rings. The van der Waals surface area contributed by atoms with Crippen LogP contribution in [0.4, 0.5) is 4.79 Å². The van der Waals surface area contributed by atoms with E-state index in [0.717, 1.165) is 0 Å². The fraction of sp³-hybridized carbons (Fsp3) is 0.273. The number of nitrogens with two attached hydrogens (primary N) is 1. The molecule has 1 aliphatic heterocycles. The van der Waals surface area contributed by atoms with Crippen molar-refractivity contribution in [3.8, 4) is 0 Å². The van der Waals surface area contributed by atoms with Crippen LogP contribution in [0.2, 0.25) is 10.0 Å². The lowest BCUT2D eigenvalue weighted by molar-refractivity contribution is 0.210. The Morgan fingerprint density at radius 2 is 2.18 bits per heavy atom.